The Hall–Kier alpha value is -1.09. The summed E-state index contributed by atoms with van der Waals surface area (Å²) in [6.07, 6.45) is 7.67. The highest BCUT2D eigenvalue weighted by atomic mass is 19.1. The van der Waals surface area contributed by atoms with Crippen molar-refractivity contribution in [1.29, 1.82) is 0 Å². The van der Waals surface area contributed by atoms with Crippen LogP contribution in [0.5, 0.6) is 5.75 Å². The molecule has 0 amide bonds. The number of aliphatic hydroxyl groups excluding tert-OH is 1. The van der Waals surface area contributed by atoms with Crippen LogP contribution in [-0.4, -0.2) is 11.2 Å². The summed E-state index contributed by atoms with van der Waals surface area (Å²) < 4.78 is 19.1. The summed E-state index contributed by atoms with van der Waals surface area (Å²) in [5, 5.41) is 10.1. The zero-order valence-electron chi connectivity index (χ0n) is 11.1. The number of ether oxygens (including phenoxy) is 1. The van der Waals surface area contributed by atoms with Crippen LogP contribution in [0.3, 0.4) is 0 Å². The van der Waals surface area contributed by atoms with Crippen LogP contribution in [-0.2, 0) is 0 Å². The van der Waals surface area contributed by atoms with Crippen LogP contribution in [0.1, 0.15) is 56.6 Å². The fourth-order valence-electron chi connectivity index (χ4n) is 3.43. The van der Waals surface area contributed by atoms with E-state index in [2.05, 4.69) is 0 Å². The molecule has 0 spiro atoms. The zero-order chi connectivity index (χ0) is 13.2. The van der Waals surface area contributed by atoms with Gasteiger partial charge in [-0.1, -0.05) is 32.1 Å². The lowest BCUT2D eigenvalue weighted by Gasteiger charge is -2.33. The molecule has 2 aliphatic rings. The van der Waals surface area contributed by atoms with Gasteiger partial charge in [-0.25, -0.2) is 4.39 Å². The molecule has 0 aromatic heterocycles. The van der Waals surface area contributed by atoms with Gasteiger partial charge in [-0.3, -0.25) is 0 Å². The Balaban J connectivity index is 1.68. The topological polar surface area (TPSA) is 29.5 Å². The van der Waals surface area contributed by atoms with E-state index in [9.17, 15) is 9.50 Å². The molecule has 1 heterocycles. The Bertz CT molecular complexity index is 440. The van der Waals surface area contributed by atoms with E-state index in [4.69, 9.17) is 4.74 Å². The third-order valence-electron chi connectivity index (χ3n) is 4.43. The number of rotatable bonds is 2. The molecule has 2 unspecified atom stereocenters. The summed E-state index contributed by atoms with van der Waals surface area (Å²) in [7, 11) is 0. The quantitative estimate of drug-likeness (QED) is 0.875. The molecule has 104 valence electrons. The van der Waals surface area contributed by atoms with Crippen LogP contribution in [0.4, 0.5) is 4.39 Å². The second-order valence-electron chi connectivity index (χ2n) is 5.91. The molecule has 1 aromatic rings. The number of hydrogen-bond acceptors (Lipinski definition) is 2. The molecule has 1 aliphatic carbocycles. The SMILES string of the molecule is OC1CC(CC2CCCCC2)Oc2ccc(F)cc21. The summed E-state index contributed by atoms with van der Waals surface area (Å²) in [5.74, 6) is 1.07. The van der Waals surface area contributed by atoms with Crippen molar-refractivity contribution < 1.29 is 14.2 Å². The second kappa shape index (κ2) is 5.49. The zero-order valence-corrected chi connectivity index (χ0v) is 11.1. The van der Waals surface area contributed by atoms with Crippen LogP contribution < -0.4 is 4.74 Å². The lowest BCUT2D eigenvalue weighted by atomic mass is 9.83. The summed E-state index contributed by atoms with van der Waals surface area (Å²) in [6.45, 7) is 0. The van der Waals surface area contributed by atoms with Gasteiger partial charge in [-0.2, -0.15) is 0 Å². The van der Waals surface area contributed by atoms with E-state index in [0.717, 1.165) is 12.3 Å². The lowest BCUT2D eigenvalue weighted by molar-refractivity contribution is 0.0491. The van der Waals surface area contributed by atoms with Crippen molar-refractivity contribution in [1.82, 2.24) is 0 Å². The van der Waals surface area contributed by atoms with Crippen LogP contribution >= 0.6 is 0 Å². The first kappa shape index (κ1) is 12.9. The predicted octanol–water partition coefficient (Wildman–Crippen LogP) is 3.98. The van der Waals surface area contributed by atoms with E-state index >= 15 is 0 Å². The fraction of sp³-hybridized carbons (Fsp3) is 0.625. The van der Waals surface area contributed by atoms with Gasteiger partial charge in [0.1, 0.15) is 17.7 Å². The molecular weight excluding hydrogens is 243 g/mol. The predicted molar refractivity (Wildman–Crippen MR) is 71.6 cm³/mol. The molecule has 1 N–H and O–H groups in total. The molecule has 2 nitrogen and oxygen atoms in total. The average Bonchev–Trinajstić information content (AvgIpc) is 2.41. The van der Waals surface area contributed by atoms with Gasteiger partial charge >= 0.3 is 0 Å². The van der Waals surface area contributed by atoms with E-state index in [0.29, 0.717) is 17.7 Å². The molecule has 19 heavy (non-hydrogen) atoms. The molecule has 1 aromatic carbocycles. The van der Waals surface area contributed by atoms with Gasteiger partial charge in [0.25, 0.3) is 0 Å². The smallest absolute Gasteiger partial charge is 0.125 e. The van der Waals surface area contributed by atoms with Crippen molar-refractivity contribution >= 4 is 0 Å². The third-order valence-corrected chi connectivity index (χ3v) is 4.43. The van der Waals surface area contributed by atoms with Gasteiger partial charge < -0.3 is 9.84 Å². The van der Waals surface area contributed by atoms with Crippen LogP contribution in [0.15, 0.2) is 18.2 Å². The molecule has 1 saturated carbocycles. The molecule has 3 heteroatoms. The third kappa shape index (κ3) is 2.92. The molecule has 0 radical (unpaired) electrons. The van der Waals surface area contributed by atoms with E-state index in [1.807, 2.05) is 0 Å². The van der Waals surface area contributed by atoms with Crippen molar-refractivity contribution in [3.8, 4) is 5.75 Å². The Labute approximate surface area is 113 Å². The molecule has 0 saturated heterocycles. The van der Waals surface area contributed by atoms with E-state index in [1.54, 1.807) is 6.07 Å². The largest absolute Gasteiger partial charge is 0.490 e. The van der Waals surface area contributed by atoms with Gasteiger partial charge in [-0.15, -0.1) is 0 Å². The van der Waals surface area contributed by atoms with Crippen LogP contribution in [0.25, 0.3) is 0 Å². The molecule has 3 rings (SSSR count). The van der Waals surface area contributed by atoms with Crippen molar-refractivity contribution in [2.75, 3.05) is 0 Å². The maximum absolute atomic E-state index is 13.2. The molecule has 1 aliphatic heterocycles. The normalized spacial score (nSPS) is 27.7. The van der Waals surface area contributed by atoms with Crippen molar-refractivity contribution in [3.63, 3.8) is 0 Å². The van der Waals surface area contributed by atoms with Crippen LogP contribution in [0.2, 0.25) is 0 Å². The Kier molecular flexibility index (Phi) is 3.74. The minimum absolute atomic E-state index is 0.0797. The Morgan fingerprint density at radius 3 is 2.79 bits per heavy atom. The first-order valence-corrected chi connectivity index (χ1v) is 7.36. The molecule has 1 fully saturated rings. The van der Waals surface area contributed by atoms with Crippen molar-refractivity contribution in [2.24, 2.45) is 5.92 Å². The summed E-state index contributed by atoms with van der Waals surface area (Å²) in [6, 6.07) is 4.42. The Morgan fingerprint density at radius 2 is 2.00 bits per heavy atom. The Morgan fingerprint density at radius 1 is 1.21 bits per heavy atom. The van der Waals surface area contributed by atoms with Gasteiger partial charge in [0, 0.05) is 12.0 Å². The van der Waals surface area contributed by atoms with E-state index < -0.39 is 6.10 Å². The van der Waals surface area contributed by atoms with Gasteiger partial charge in [0.05, 0.1) is 6.10 Å². The minimum atomic E-state index is -0.590. The standard InChI is InChI=1S/C16H21FO2/c17-12-6-7-16-14(9-12)15(18)10-13(19-16)8-11-4-2-1-3-5-11/h6-7,9,11,13,15,18H,1-5,8,10H2. The van der Waals surface area contributed by atoms with Crippen molar-refractivity contribution in [3.05, 3.63) is 29.6 Å². The fourth-order valence-corrected chi connectivity index (χ4v) is 3.43. The highest BCUT2D eigenvalue weighted by Gasteiger charge is 2.29. The van der Waals surface area contributed by atoms with Crippen LogP contribution in [0, 0.1) is 11.7 Å². The van der Waals surface area contributed by atoms with Crippen molar-refractivity contribution in [2.45, 2.75) is 57.2 Å². The number of benzene rings is 1. The lowest BCUT2D eigenvalue weighted by Crippen LogP contribution is -2.28. The maximum atomic E-state index is 13.2. The number of halogens is 1. The molecular formula is C16H21FO2. The van der Waals surface area contributed by atoms with E-state index in [-0.39, 0.29) is 11.9 Å². The maximum Gasteiger partial charge on any atom is 0.125 e. The summed E-state index contributed by atoms with van der Waals surface area (Å²) >= 11 is 0. The highest BCUT2D eigenvalue weighted by Crippen LogP contribution is 2.38. The van der Waals surface area contributed by atoms with Gasteiger partial charge in [-0.05, 0) is 30.5 Å². The molecule has 0 bridgehead atoms. The van der Waals surface area contributed by atoms with Gasteiger partial charge in [0.2, 0.25) is 0 Å². The number of fused-ring (bicyclic) bond motifs is 1. The monoisotopic (exact) mass is 264 g/mol. The number of aliphatic hydroxyl groups is 1. The first-order chi connectivity index (χ1) is 9.22. The first-order valence-electron chi connectivity index (χ1n) is 7.36. The summed E-state index contributed by atoms with van der Waals surface area (Å²) in [4.78, 5) is 0. The summed E-state index contributed by atoms with van der Waals surface area (Å²) in [5.41, 5.74) is 0.597. The average molecular weight is 264 g/mol. The minimum Gasteiger partial charge on any atom is -0.490 e. The number of hydrogen-bond donors (Lipinski definition) is 1. The molecule has 2 atom stereocenters. The van der Waals surface area contributed by atoms with E-state index in [1.165, 1.54) is 44.2 Å². The highest BCUT2D eigenvalue weighted by molar-refractivity contribution is 5.37. The van der Waals surface area contributed by atoms with Gasteiger partial charge in [0.15, 0.2) is 0 Å². The second-order valence-corrected chi connectivity index (χ2v) is 5.91.